The Bertz CT molecular complexity index is 1070. The zero-order chi connectivity index (χ0) is 21.3. The van der Waals surface area contributed by atoms with Gasteiger partial charge in [0.1, 0.15) is 0 Å². The summed E-state index contributed by atoms with van der Waals surface area (Å²) in [6.45, 7) is 6.07. The fourth-order valence-electron chi connectivity index (χ4n) is 3.68. The van der Waals surface area contributed by atoms with Crippen LogP contribution < -0.4 is 14.9 Å². The van der Waals surface area contributed by atoms with Gasteiger partial charge in [-0.2, -0.15) is 0 Å². The molecule has 0 aliphatic carbocycles. The summed E-state index contributed by atoms with van der Waals surface area (Å²) in [5.74, 6) is -0.684. The van der Waals surface area contributed by atoms with Crippen LogP contribution in [0.1, 0.15) is 32.6 Å². The van der Waals surface area contributed by atoms with Gasteiger partial charge in [0.05, 0.1) is 18.5 Å². The number of fused-ring (bicyclic) bond motifs is 1. The molecule has 7 nitrogen and oxygen atoms in total. The van der Waals surface area contributed by atoms with Gasteiger partial charge in [0, 0.05) is 17.8 Å². The summed E-state index contributed by atoms with van der Waals surface area (Å²) in [4.78, 5) is 24.7. The molecular weight excluding hydrogens is 390 g/mol. The number of benzene rings is 2. The summed E-state index contributed by atoms with van der Waals surface area (Å²) in [6.07, 6.45) is 1.72. The molecule has 3 rings (SSSR count). The first-order valence-corrected chi connectivity index (χ1v) is 11.2. The molecule has 0 unspecified atom stereocenters. The van der Waals surface area contributed by atoms with Crippen LogP contribution in [0.3, 0.4) is 0 Å². The number of anilines is 2. The number of carbonyl (C=O) groups excluding carboxylic acids is 2. The lowest BCUT2D eigenvalue weighted by atomic mass is 10.1. The monoisotopic (exact) mass is 415 g/mol. The van der Waals surface area contributed by atoms with Gasteiger partial charge in [0.15, 0.2) is 0 Å². The van der Waals surface area contributed by atoms with Crippen LogP contribution in [-0.2, 0) is 21.2 Å². The molecule has 2 amide bonds. The van der Waals surface area contributed by atoms with E-state index in [0.29, 0.717) is 24.2 Å². The second kappa shape index (κ2) is 7.87. The molecule has 0 saturated carbocycles. The number of nitrogens with one attached hydrogen (secondary N) is 2. The van der Waals surface area contributed by atoms with Crippen molar-refractivity contribution >= 4 is 33.2 Å². The highest BCUT2D eigenvalue weighted by atomic mass is 32.2. The minimum atomic E-state index is -3.33. The van der Waals surface area contributed by atoms with Gasteiger partial charge in [-0.1, -0.05) is 17.7 Å². The van der Waals surface area contributed by atoms with E-state index in [4.69, 9.17) is 0 Å². The van der Waals surface area contributed by atoms with E-state index in [1.165, 1.54) is 10.6 Å². The SMILES string of the molecule is Cc1cc(C)c(NC(=O)CNC(=O)c2ccc3c(c2)CCN3S(C)(=O)=O)c(C)c1. The molecule has 0 radical (unpaired) electrons. The Balaban J connectivity index is 1.64. The van der Waals surface area contributed by atoms with Crippen LogP contribution in [0.5, 0.6) is 0 Å². The van der Waals surface area contributed by atoms with Crippen LogP contribution in [0.4, 0.5) is 11.4 Å². The number of sulfonamides is 1. The van der Waals surface area contributed by atoms with E-state index < -0.39 is 10.0 Å². The maximum absolute atomic E-state index is 12.4. The fourth-order valence-corrected chi connectivity index (χ4v) is 4.64. The Kier molecular flexibility index (Phi) is 5.66. The van der Waals surface area contributed by atoms with Gasteiger partial charge in [0.25, 0.3) is 5.91 Å². The Morgan fingerprint density at radius 2 is 1.72 bits per heavy atom. The molecule has 0 aromatic heterocycles. The molecule has 2 aromatic carbocycles. The summed E-state index contributed by atoms with van der Waals surface area (Å²) < 4.78 is 25.0. The zero-order valence-electron chi connectivity index (χ0n) is 17.0. The predicted octanol–water partition coefficient (Wildman–Crippen LogP) is 2.30. The van der Waals surface area contributed by atoms with Crippen LogP contribution >= 0.6 is 0 Å². The lowest BCUT2D eigenvalue weighted by Gasteiger charge is -2.16. The molecule has 0 fully saturated rings. The number of rotatable bonds is 5. The summed E-state index contributed by atoms with van der Waals surface area (Å²) in [6, 6.07) is 8.88. The van der Waals surface area contributed by atoms with E-state index in [2.05, 4.69) is 10.6 Å². The molecule has 1 heterocycles. The van der Waals surface area contributed by atoms with Crippen LogP contribution in [0, 0.1) is 20.8 Å². The van der Waals surface area contributed by atoms with E-state index in [1.807, 2.05) is 32.9 Å². The first kappa shape index (κ1) is 20.9. The van der Waals surface area contributed by atoms with Crippen molar-refractivity contribution in [1.29, 1.82) is 0 Å². The van der Waals surface area contributed by atoms with Gasteiger partial charge in [-0.25, -0.2) is 8.42 Å². The highest BCUT2D eigenvalue weighted by Crippen LogP contribution is 2.30. The number of hydrogen-bond donors (Lipinski definition) is 2. The van der Waals surface area contributed by atoms with E-state index in [9.17, 15) is 18.0 Å². The minimum Gasteiger partial charge on any atom is -0.343 e. The van der Waals surface area contributed by atoms with E-state index in [1.54, 1.807) is 18.2 Å². The maximum Gasteiger partial charge on any atom is 0.251 e. The van der Waals surface area contributed by atoms with Gasteiger partial charge in [-0.05, 0) is 62.1 Å². The van der Waals surface area contributed by atoms with Crippen molar-refractivity contribution in [3.63, 3.8) is 0 Å². The van der Waals surface area contributed by atoms with Gasteiger partial charge in [-0.3, -0.25) is 13.9 Å². The first-order valence-electron chi connectivity index (χ1n) is 9.33. The number of nitrogens with zero attached hydrogens (tertiary/aromatic N) is 1. The minimum absolute atomic E-state index is 0.155. The highest BCUT2D eigenvalue weighted by molar-refractivity contribution is 7.92. The summed E-state index contributed by atoms with van der Waals surface area (Å²) in [7, 11) is -3.33. The second-order valence-corrected chi connectivity index (χ2v) is 9.34. The molecule has 2 aromatic rings. The number of amides is 2. The van der Waals surface area contributed by atoms with Crippen molar-refractivity contribution in [3.05, 3.63) is 58.1 Å². The average Bonchev–Trinajstić information content (AvgIpc) is 3.06. The third-order valence-corrected chi connectivity index (χ3v) is 6.13. The smallest absolute Gasteiger partial charge is 0.251 e. The van der Waals surface area contributed by atoms with E-state index in [-0.39, 0.29) is 18.4 Å². The average molecular weight is 416 g/mol. The van der Waals surface area contributed by atoms with Crippen molar-refractivity contribution in [1.82, 2.24) is 5.32 Å². The first-order chi connectivity index (χ1) is 13.6. The highest BCUT2D eigenvalue weighted by Gasteiger charge is 2.26. The molecule has 1 aliphatic rings. The molecular formula is C21H25N3O4S. The molecule has 0 bridgehead atoms. The lowest BCUT2D eigenvalue weighted by molar-refractivity contribution is -0.115. The topological polar surface area (TPSA) is 95.6 Å². The standard InChI is InChI=1S/C21H25N3O4S/c1-13-9-14(2)20(15(3)10-13)23-19(25)12-22-21(26)17-5-6-18-16(11-17)7-8-24(18)29(4,27)28/h5-6,9-11H,7-8,12H2,1-4H3,(H,22,26)(H,23,25). The fraction of sp³-hybridized carbons (Fsp3) is 0.333. The molecule has 154 valence electrons. The Labute approximate surface area is 171 Å². The molecule has 8 heteroatoms. The summed E-state index contributed by atoms with van der Waals surface area (Å²) >= 11 is 0. The van der Waals surface area contributed by atoms with E-state index >= 15 is 0 Å². The van der Waals surface area contributed by atoms with Crippen LogP contribution in [-0.4, -0.2) is 39.6 Å². The number of carbonyl (C=O) groups is 2. The van der Waals surface area contributed by atoms with Crippen LogP contribution in [0.15, 0.2) is 30.3 Å². The molecule has 2 N–H and O–H groups in total. The van der Waals surface area contributed by atoms with Crippen LogP contribution in [0.25, 0.3) is 0 Å². The molecule has 0 spiro atoms. The number of aryl methyl sites for hydroxylation is 3. The van der Waals surface area contributed by atoms with Crippen LogP contribution in [0.2, 0.25) is 0 Å². The lowest BCUT2D eigenvalue weighted by Crippen LogP contribution is -2.33. The Morgan fingerprint density at radius 1 is 1.07 bits per heavy atom. The molecule has 1 aliphatic heterocycles. The second-order valence-electron chi connectivity index (χ2n) is 7.43. The van der Waals surface area contributed by atoms with Crippen molar-refractivity contribution < 1.29 is 18.0 Å². The quantitative estimate of drug-likeness (QED) is 0.783. The zero-order valence-corrected chi connectivity index (χ0v) is 17.8. The molecule has 29 heavy (non-hydrogen) atoms. The summed E-state index contributed by atoms with van der Waals surface area (Å²) in [5, 5.41) is 5.47. The van der Waals surface area contributed by atoms with E-state index in [0.717, 1.165) is 27.9 Å². The van der Waals surface area contributed by atoms with Crippen molar-refractivity contribution in [2.75, 3.05) is 29.0 Å². The maximum atomic E-state index is 12.4. The van der Waals surface area contributed by atoms with Gasteiger partial charge >= 0.3 is 0 Å². The third kappa shape index (κ3) is 4.59. The number of hydrogen-bond acceptors (Lipinski definition) is 4. The van der Waals surface area contributed by atoms with Crippen molar-refractivity contribution in [3.8, 4) is 0 Å². The van der Waals surface area contributed by atoms with Gasteiger partial charge in [0.2, 0.25) is 15.9 Å². The summed E-state index contributed by atoms with van der Waals surface area (Å²) in [5.41, 5.74) is 5.62. The Morgan fingerprint density at radius 3 is 2.34 bits per heavy atom. The Hall–Kier alpha value is -2.87. The largest absolute Gasteiger partial charge is 0.343 e. The van der Waals surface area contributed by atoms with Gasteiger partial charge < -0.3 is 10.6 Å². The molecule has 0 atom stereocenters. The van der Waals surface area contributed by atoms with Crippen molar-refractivity contribution in [2.24, 2.45) is 0 Å². The van der Waals surface area contributed by atoms with Crippen molar-refractivity contribution in [2.45, 2.75) is 27.2 Å². The normalized spacial score (nSPS) is 13.2. The molecule has 0 saturated heterocycles. The predicted molar refractivity (Wildman–Crippen MR) is 114 cm³/mol. The third-order valence-electron chi connectivity index (χ3n) is 4.95. The van der Waals surface area contributed by atoms with Gasteiger partial charge in [-0.15, -0.1) is 0 Å².